The van der Waals surface area contributed by atoms with Gasteiger partial charge < -0.3 is 15.4 Å². The van der Waals surface area contributed by atoms with Crippen molar-refractivity contribution in [1.82, 2.24) is 5.32 Å². The van der Waals surface area contributed by atoms with Gasteiger partial charge in [-0.2, -0.15) is 0 Å². The van der Waals surface area contributed by atoms with Crippen LogP contribution in [0.3, 0.4) is 0 Å². The number of halogens is 2. The minimum Gasteiger partial charge on any atom is -0.494 e. The van der Waals surface area contributed by atoms with E-state index in [0.29, 0.717) is 29.3 Å². The van der Waals surface area contributed by atoms with E-state index in [1.54, 1.807) is 24.3 Å². The van der Waals surface area contributed by atoms with E-state index >= 15 is 0 Å². The molecule has 0 unspecified atom stereocenters. The number of benzene rings is 3. The van der Waals surface area contributed by atoms with Gasteiger partial charge in [0.05, 0.1) is 6.61 Å². The molecule has 0 atom stereocenters. The number of nitrogens with one attached hydrogen (secondary N) is 2. The number of hydrogen-bond acceptors (Lipinski definition) is 3. The van der Waals surface area contributed by atoms with E-state index in [4.69, 9.17) is 4.74 Å². The highest BCUT2D eigenvalue weighted by atomic mass is 19.1. The Hall–Kier alpha value is -3.94. The van der Waals surface area contributed by atoms with Crippen LogP contribution in [0.1, 0.15) is 17.3 Å². The molecule has 0 saturated carbocycles. The van der Waals surface area contributed by atoms with Crippen molar-refractivity contribution in [3.05, 3.63) is 90.0 Å². The average Bonchev–Trinajstić information content (AvgIpc) is 2.79. The summed E-state index contributed by atoms with van der Waals surface area (Å²) in [6, 6.07) is 17.1. The van der Waals surface area contributed by atoms with E-state index in [0.717, 1.165) is 0 Å². The number of ether oxygens (including phenoxy) is 1. The molecule has 3 aromatic rings. The molecule has 0 aromatic heterocycles. The number of carbonyl (C=O) groups excluding carboxylic acids is 2. The van der Waals surface area contributed by atoms with Crippen molar-refractivity contribution in [2.45, 2.75) is 6.92 Å². The van der Waals surface area contributed by atoms with Crippen LogP contribution in [0.4, 0.5) is 25.0 Å². The number of carbonyl (C=O) groups is 2. The third-order valence-corrected chi connectivity index (χ3v) is 4.53. The van der Waals surface area contributed by atoms with Crippen molar-refractivity contribution in [3.63, 3.8) is 0 Å². The summed E-state index contributed by atoms with van der Waals surface area (Å²) in [5, 5.41) is 5.48. The summed E-state index contributed by atoms with van der Waals surface area (Å²) < 4.78 is 31.8. The number of rotatable bonds is 8. The normalized spacial score (nSPS) is 10.3. The second kappa shape index (κ2) is 10.9. The number of urea groups is 1. The lowest BCUT2D eigenvalue weighted by atomic mass is 10.2. The maximum Gasteiger partial charge on any atom is 0.326 e. The molecule has 0 fully saturated rings. The number of amides is 3. The first kappa shape index (κ1) is 22.7. The smallest absolute Gasteiger partial charge is 0.326 e. The molecule has 0 bridgehead atoms. The Balaban J connectivity index is 1.67. The van der Waals surface area contributed by atoms with Crippen LogP contribution in [0.2, 0.25) is 0 Å². The fourth-order valence-electron chi connectivity index (χ4n) is 2.95. The highest BCUT2D eigenvalue weighted by molar-refractivity contribution is 6.02. The Morgan fingerprint density at radius 3 is 2.06 bits per heavy atom. The quantitative estimate of drug-likeness (QED) is 0.528. The third-order valence-electron chi connectivity index (χ3n) is 4.53. The van der Waals surface area contributed by atoms with Crippen LogP contribution in [-0.2, 0) is 0 Å². The lowest BCUT2D eigenvalue weighted by Gasteiger charge is -2.23. The van der Waals surface area contributed by atoms with Gasteiger partial charge in [-0.15, -0.1) is 0 Å². The first-order chi connectivity index (χ1) is 15.5. The van der Waals surface area contributed by atoms with E-state index in [-0.39, 0.29) is 13.1 Å². The molecule has 3 rings (SSSR count). The molecule has 2 N–H and O–H groups in total. The zero-order valence-electron chi connectivity index (χ0n) is 17.5. The Bertz CT molecular complexity index is 1040. The number of nitrogens with zero attached hydrogens (tertiary/aromatic N) is 1. The van der Waals surface area contributed by atoms with Gasteiger partial charge in [-0.1, -0.05) is 0 Å². The average molecular weight is 439 g/mol. The highest BCUT2D eigenvalue weighted by Gasteiger charge is 2.17. The topological polar surface area (TPSA) is 70.7 Å². The SMILES string of the molecule is CCOc1ccc(NC(=O)N(CCNC(=O)c2ccc(F)cc2)c2ccc(F)cc2)cc1. The Kier molecular flexibility index (Phi) is 7.75. The molecule has 0 radical (unpaired) electrons. The molecule has 0 aliphatic heterocycles. The Labute approximate surface area is 184 Å². The van der Waals surface area contributed by atoms with Crippen LogP contribution >= 0.6 is 0 Å². The Morgan fingerprint density at radius 1 is 0.875 bits per heavy atom. The van der Waals surface area contributed by atoms with Crippen molar-refractivity contribution < 1.29 is 23.1 Å². The van der Waals surface area contributed by atoms with Crippen LogP contribution in [-0.4, -0.2) is 31.6 Å². The van der Waals surface area contributed by atoms with Gasteiger partial charge in [0.15, 0.2) is 0 Å². The van der Waals surface area contributed by atoms with Crippen molar-refractivity contribution in [3.8, 4) is 5.75 Å². The van der Waals surface area contributed by atoms with Gasteiger partial charge in [0.2, 0.25) is 0 Å². The zero-order valence-corrected chi connectivity index (χ0v) is 17.5. The molecular weight excluding hydrogens is 416 g/mol. The number of anilines is 2. The molecule has 0 spiro atoms. The molecule has 3 aromatic carbocycles. The predicted octanol–water partition coefficient (Wildman–Crippen LogP) is 4.83. The summed E-state index contributed by atoms with van der Waals surface area (Å²) in [5.41, 5.74) is 1.32. The number of hydrogen-bond donors (Lipinski definition) is 2. The summed E-state index contributed by atoms with van der Waals surface area (Å²) in [4.78, 5) is 26.6. The van der Waals surface area contributed by atoms with Crippen molar-refractivity contribution in [2.75, 3.05) is 29.9 Å². The van der Waals surface area contributed by atoms with Gasteiger partial charge in [0.1, 0.15) is 17.4 Å². The van der Waals surface area contributed by atoms with E-state index in [2.05, 4.69) is 10.6 Å². The van der Waals surface area contributed by atoms with E-state index in [9.17, 15) is 18.4 Å². The van der Waals surface area contributed by atoms with Crippen LogP contribution < -0.4 is 20.3 Å². The molecule has 0 aliphatic rings. The van der Waals surface area contributed by atoms with Gasteiger partial charge in [0.25, 0.3) is 5.91 Å². The standard InChI is InChI=1S/C24H23F2N3O3/c1-2-32-22-13-9-20(10-14-22)28-24(31)29(21-11-7-19(26)8-12-21)16-15-27-23(30)17-3-5-18(25)6-4-17/h3-14H,2,15-16H2,1H3,(H,27,30)(H,28,31). The molecule has 166 valence electrons. The molecule has 8 heteroatoms. The van der Waals surface area contributed by atoms with Crippen LogP contribution in [0.25, 0.3) is 0 Å². The fraction of sp³-hybridized carbons (Fsp3) is 0.167. The van der Waals surface area contributed by atoms with Crippen LogP contribution in [0.15, 0.2) is 72.8 Å². The van der Waals surface area contributed by atoms with Gasteiger partial charge in [0, 0.05) is 30.0 Å². The first-order valence-corrected chi connectivity index (χ1v) is 10.1. The molecule has 0 aliphatic carbocycles. The molecule has 3 amide bonds. The largest absolute Gasteiger partial charge is 0.494 e. The summed E-state index contributed by atoms with van der Waals surface area (Å²) >= 11 is 0. The highest BCUT2D eigenvalue weighted by Crippen LogP contribution is 2.19. The summed E-state index contributed by atoms with van der Waals surface area (Å²) in [7, 11) is 0. The molecule has 32 heavy (non-hydrogen) atoms. The fourth-order valence-corrected chi connectivity index (χ4v) is 2.95. The third kappa shape index (κ3) is 6.28. The van der Waals surface area contributed by atoms with E-state index in [1.807, 2.05) is 6.92 Å². The molecule has 6 nitrogen and oxygen atoms in total. The molecular formula is C24H23F2N3O3. The second-order valence-corrected chi connectivity index (χ2v) is 6.78. The van der Waals surface area contributed by atoms with Crippen LogP contribution in [0, 0.1) is 11.6 Å². The Morgan fingerprint density at radius 2 is 1.47 bits per heavy atom. The zero-order chi connectivity index (χ0) is 22.9. The van der Waals surface area contributed by atoms with Gasteiger partial charge >= 0.3 is 6.03 Å². The minimum absolute atomic E-state index is 0.126. The second-order valence-electron chi connectivity index (χ2n) is 6.78. The van der Waals surface area contributed by atoms with Gasteiger partial charge in [-0.05, 0) is 79.7 Å². The summed E-state index contributed by atoms with van der Waals surface area (Å²) in [6.07, 6.45) is 0. The first-order valence-electron chi connectivity index (χ1n) is 10.1. The maximum absolute atomic E-state index is 13.4. The maximum atomic E-state index is 13.4. The van der Waals surface area contributed by atoms with Gasteiger partial charge in [-0.3, -0.25) is 9.69 Å². The van der Waals surface area contributed by atoms with E-state index < -0.39 is 23.6 Å². The molecule has 0 saturated heterocycles. The molecule has 0 heterocycles. The lowest BCUT2D eigenvalue weighted by Crippen LogP contribution is -2.41. The summed E-state index contributed by atoms with van der Waals surface area (Å²) in [6.45, 7) is 2.67. The van der Waals surface area contributed by atoms with Gasteiger partial charge in [-0.25, -0.2) is 13.6 Å². The van der Waals surface area contributed by atoms with E-state index in [1.165, 1.54) is 53.4 Å². The van der Waals surface area contributed by atoms with Crippen molar-refractivity contribution >= 4 is 23.3 Å². The summed E-state index contributed by atoms with van der Waals surface area (Å²) in [5.74, 6) is -0.569. The monoisotopic (exact) mass is 439 g/mol. The van der Waals surface area contributed by atoms with Crippen molar-refractivity contribution in [2.24, 2.45) is 0 Å². The lowest BCUT2D eigenvalue weighted by molar-refractivity contribution is 0.0954. The van der Waals surface area contributed by atoms with Crippen molar-refractivity contribution in [1.29, 1.82) is 0 Å². The minimum atomic E-state index is -0.447. The van der Waals surface area contributed by atoms with Crippen LogP contribution in [0.5, 0.6) is 5.75 Å². The predicted molar refractivity (Wildman–Crippen MR) is 119 cm³/mol.